The third-order valence-corrected chi connectivity index (χ3v) is 4.74. The maximum absolute atomic E-state index is 12.6. The second-order valence-electron chi connectivity index (χ2n) is 6.55. The number of amides is 1. The number of aromatic nitrogens is 2. The molecule has 7 nitrogen and oxygen atoms in total. The van der Waals surface area contributed by atoms with Gasteiger partial charge in [-0.1, -0.05) is 11.2 Å². The number of carbonyl (C=O) groups excluding carboxylic acids is 1. The first-order chi connectivity index (χ1) is 12.6. The fourth-order valence-electron chi connectivity index (χ4n) is 3.33. The van der Waals surface area contributed by atoms with E-state index >= 15 is 0 Å². The van der Waals surface area contributed by atoms with Crippen molar-refractivity contribution in [2.75, 3.05) is 27.3 Å². The van der Waals surface area contributed by atoms with E-state index < -0.39 is 0 Å². The van der Waals surface area contributed by atoms with Gasteiger partial charge < -0.3 is 18.9 Å². The van der Waals surface area contributed by atoms with E-state index in [9.17, 15) is 4.79 Å². The minimum Gasteiger partial charge on any atom is -0.493 e. The second-order valence-corrected chi connectivity index (χ2v) is 6.55. The van der Waals surface area contributed by atoms with Gasteiger partial charge in [0.05, 0.1) is 20.1 Å². The summed E-state index contributed by atoms with van der Waals surface area (Å²) in [4.78, 5) is 18.9. The average molecular weight is 359 g/mol. The summed E-state index contributed by atoms with van der Waals surface area (Å²) in [6, 6.07) is 5.76. The Morgan fingerprint density at radius 1 is 1.31 bits per heavy atom. The van der Waals surface area contributed by atoms with Crippen LogP contribution >= 0.6 is 0 Å². The fourth-order valence-corrected chi connectivity index (χ4v) is 3.33. The molecule has 0 saturated carbocycles. The van der Waals surface area contributed by atoms with Gasteiger partial charge in [-0.15, -0.1) is 0 Å². The summed E-state index contributed by atoms with van der Waals surface area (Å²) < 4.78 is 15.9. The van der Waals surface area contributed by atoms with Crippen molar-refractivity contribution in [2.45, 2.75) is 38.5 Å². The molecule has 1 aromatic carbocycles. The smallest absolute Gasteiger partial charge is 0.231 e. The Labute approximate surface area is 153 Å². The maximum Gasteiger partial charge on any atom is 0.231 e. The molecule has 0 N–H and O–H groups in total. The van der Waals surface area contributed by atoms with Crippen LogP contribution in [0.5, 0.6) is 11.5 Å². The van der Waals surface area contributed by atoms with E-state index in [1.165, 1.54) is 0 Å². The fraction of sp³-hybridized carbons (Fsp3) is 0.526. The molecule has 2 aromatic rings. The van der Waals surface area contributed by atoms with Gasteiger partial charge in [-0.2, -0.15) is 4.98 Å². The number of ether oxygens (including phenoxy) is 2. The third-order valence-electron chi connectivity index (χ3n) is 4.74. The molecule has 1 aliphatic rings. The van der Waals surface area contributed by atoms with Gasteiger partial charge in [0.15, 0.2) is 17.3 Å². The van der Waals surface area contributed by atoms with Gasteiger partial charge in [-0.05, 0) is 43.9 Å². The van der Waals surface area contributed by atoms with Crippen molar-refractivity contribution in [1.29, 1.82) is 0 Å². The number of piperidine rings is 1. The summed E-state index contributed by atoms with van der Waals surface area (Å²) in [6.07, 6.45) is 3.06. The van der Waals surface area contributed by atoms with Crippen LogP contribution in [0.4, 0.5) is 0 Å². The van der Waals surface area contributed by atoms with Crippen LogP contribution in [0.3, 0.4) is 0 Å². The van der Waals surface area contributed by atoms with Crippen LogP contribution in [0.2, 0.25) is 0 Å². The van der Waals surface area contributed by atoms with Crippen LogP contribution in [-0.2, 0) is 11.2 Å². The molecule has 1 amide bonds. The largest absolute Gasteiger partial charge is 0.493 e. The average Bonchev–Trinajstić information content (AvgIpc) is 3.12. The van der Waals surface area contributed by atoms with E-state index in [0.717, 1.165) is 24.9 Å². The molecule has 1 fully saturated rings. The molecule has 0 unspecified atom stereocenters. The molecule has 2 heterocycles. The Bertz CT molecular complexity index is 759. The van der Waals surface area contributed by atoms with Gasteiger partial charge in [-0.3, -0.25) is 4.79 Å². The molecule has 140 valence electrons. The normalized spacial score (nSPS) is 17.2. The zero-order valence-corrected chi connectivity index (χ0v) is 15.5. The van der Waals surface area contributed by atoms with Gasteiger partial charge in [-0.25, -0.2) is 0 Å². The van der Waals surface area contributed by atoms with E-state index in [1.54, 1.807) is 14.2 Å². The Hall–Kier alpha value is -2.57. The van der Waals surface area contributed by atoms with Crippen molar-refractivity contribution in [3.8, 4) is 11.5 Å². The summed E-state index contributed by atoms with van der Waals surface area (Å²) in [5, 5.41) is 3.86. The highest BCUT2D eigenvalue weighted by Crippen LogP contribution is 2.29. The predicted molar refractivity (Wildman–Crippen MR) is 95.5 cm³/mol. The van der Waals surface area contributed by atoms with E-state index in [2.05, 4.69) is 10.1 Å². The number of hydrogen-bond donors (Lipinski definition) is 0. The summed E-state index contributed by atoms with van der Waals surface area (Å²) >= 11 is 0. The van der Waals surface area contributed by atoms with Gasteiger partial charge in [0.2, 0.25) is 11.8 Å². The van der Waals surface area contributed by atoms with E-state index in [-0.39, 0.29) is 11.8 Å². The highest BCUT2D eigenvalue weighted by molar-refractivity contribution is 5.76. The summed E-state index contributed by atoms with van der Waals surface area (Å²) in [7, 11) is 3.22. The topological polar surface area (TPSA) is 77.7 Å². The summed E-state index contributed by atoms with van der Waals surface area (Å²) in [5.41, 5.74) is 1.05. The van der Waals surface area contributed by atoms with Crippen molar-refractivity contribution in [3.05, 3.63) is 35.5 Å². The van der Waals surface area contributed by atoms with Crippen molar-refractivity contribution >= 4 is 5.91 Å². The first kappa shape index (κ1) is 18.2. The summed E-state index contributed by atoms with van der Waals surface area (Å²) in [5.74, 6) is 2.94. The Balaban J connectivity index is 1.57. The van der Waals surface area contributed by atoms with Crippen LogP contribution in [0.15, 0.2) is 22.7 Å². The van der Waals surface area contributed by atoms with Gasteiger partial charge in [0.1, 0.15) is 0 Å². The van der Waals surface area contributed by atoms with Crippen molar-refractivity contribution in [1.82, 2.24) is 15.0 Å². The van der Waals surface area contributed by atoms with Gasteiger partial charge in [0.25, 0.3) is 0 Å². The second kappa shape index (κ2) is 8.21. The SMILES string of the molecule is COc1ccc(CCC(=O)N2CCC[C@@H](c3nc(C)no3)C2)cc1OC. The number of nitrogens with zero attached hydrogens (tertiary/aromatic N) is 3. The molecular weight excluding hydrogens is 334 g/mol. The third kappa shape index (κ3) is 4.15. The molecule has 26 heavy (non-hydrogen) atoms. The lowest BCUT2D eigenvalue weighted by Crippen LogP contribution is -2.39. The molecule has 1 aromatic heterocycles. The molecule has 1 atom stereocenters. The standard InChI is InChI=1S/C19H25N3O4/c1-13-20-19(26-21-13)15-5-4-10-22(12-15)18(23)9-7-14-6-8-16(24-2)17(11-14)25-3/h6,8,11,15H,4-5,7,9-10,12H2,1-3H3/t15-/m1/s1. The lowest BCUT2D eigenvalue weighted by molar-refractivity contribution is -0.132. The highest BCUT2D eigenvalue weighted by Gasteiger charge is 2.28. The minimum absolute atomic E-state index is 0.134. The monoisotopic (exact) mass is 359 g/mol. The van der Waals surface area contributed by atoms with E-state index in [4.69, 9.17) is 14.0 Å². The molecule has 0 radical (unpaired) electrons. The molecule has 0 aliphatic carbocycles. The van der Waals surface area contributed by atoms with Gasteiger partial charge in [0, 0.05) is 19.5 Å². The number of likely N-dealkylation sites (tertiary alicyclic amines) is 1. The number of methoxy groups -OCH3 is 2. The number of carbonyl (C=O) groups is 1. The molecule has 0 spiro atoms. The number of hydrogen-bond acceptors (Lipinski definition) is 6. The molecule has 0 bridgehead atoms. The molecule has 7 heteroatoms. The zero-order valence-electron chi connectivity index (χ0n) is 15.5. The summed E-state index contributed by atoms with van der Waals surface area (Å²) in [6.45, 7) is 3.24. The number of rotatable bonds is 6. The lowest BCUT2D eigenvalue weighted by Gasteiger charge is -2.31. The van der Waals surface area contributed by atoms with Crippen LogP contribution in [-0.4, -0.2) is 48.3 Å². The van der Waals surface area contributed by atoms with Crippen LogP contribution in [0.1, 0.15) is 42.5 Å². The van der Waals surface area contributed by atoms with Crippen LogP contribution < -0.4 is 9.47 Å². The minimum atomic E-state index is 0.134. The number of benzene rings is 1. The van der Waals surface area contributed by atoms with Crippen LogP contribution in [0, 0.1) is 6.92 Å². The molecule has 3 rings (SSSR count). The Kier molecular flexibility index (Phi) is 5.75. The van der Waals surface area contributed by atoms with E-state index in [1.807, 2.05) is 30.0 Å². The molecule has 1 aliphatic heterocycles. The predicted octanol–water partition coefficient (Wildman–Crippen LogP) is 2.73. The van der Waals surface area contributed by atoms with Crippen molar-refractivity contribution in [2.24, 2.45) is 0 Å². The van der Waals surface area contributed by atoms with Crippen molar-refractivity contribution < 1.29 is 18.8 Å². The van der Waals surface area contributed by atoms with E-state index in [0.29, 0.717) is 42.6 Å². The number of aryl methyl sites for hydroxylation is 2. The quantitative estimate of drug-likeness (QED) is 0.789. The first-order valence-corrected chi connectivity index (χ1v) is 8.89. The maximum atomic E-state index is 12.6. The van der Waals surface area contributed by atoms with Gasteiger partial charge >= 0.3 is 0 Å². The first-order valence-electron chi connectivity index (χ1n) is 8.89. The molecular formula is C19H25N3O4. The van der Waals surface area contributed by atoms with Crippen LogP contribution in [0.25, 0.3) is 0 Å². The Morgan fingerprint density at radius 3 is 2.81 bits per heavy atom. The lowest BCUT2D eigenvalue weighted by atomic mass is 9.97. The molecule has 1 saturated heterocycles. The highest BCUT2D eigenvalue weighted by atomic mass is 16.5. The van der Waals surface area contributed by atoms with Crippen molar-refractivity contribution in [3.63, 3.8) is 0 Å². The zero-order chi connectivity index (χ0) is 18.5. The Morgan fingerprint density at radius 2 is 2.12 bits per heavy atom.